The van der Waals surface area contributed by atoms with Crippen molar-refractivity contribution in [1.82, 2.24) is 5.32 Å². The molecule has 0 bridgehead atoms. The normalized spacial score (nSPS) is 11.8. The minimum absolute atomic E-state index is 0.175. The van der Waals surface area contributed by atoms with Gasteiger partial charge in [0.2, 0.25) is 0 Å². The van der Waals surface area contributed by atoms with Gasteiger partial charge in [0, 0.05) is 22.7 Å². The van der Waals surface area contributed by atoms with Gasteiger partial charge >= 0.3 is 0 Å². The molecule has 0 spiro atoms. The van der Waals surface area contributed by atoms with Crippen LogP contribution >= 0.6 is 23.1 Å². The Balaban J connectivity index is 1.76. The van der Waals surface area contributed by atoms with Crippen LogP contribution < -0.4 is 5.32 Å². The highest BCUT2D eigenvalue weighted by Gasteiger charge is 2.08. The van der Waals surface area contributed by atoms with Crippen molar-refractivity contribution < 1.29 is 0 Å². The molecule has 1 aromatic carbocycles. The van der Waals surface area contributed by atoms with Gasteiger partial charge in [0.25, 0.3) is 0 Å². The van der Waals surface area contributed by atoms with Gasteiger partial charge in [0.05, 0.1) is 0 Å². The van der Waals surface area contributed by atoms with E-state index in [0.717, 1.165) is 18.7 Å². The molecular weight excluding hydrogens is 282 g/mol. The Hall–Kier alpha value is -0.770. The Kier molecular flexibility index (Phi) is 5.70. The largest absolute Gasteiger partial charge is 0.308 e. The van der Waals surface area contributed by atoms with Gasteiger partial charge in [0.1, 0.15) is 0 Å². The Labute approximate surface area is 130 Å². The van der Waals surface area contributed by atoms with Gasteiger partial charge in [-0.25, -0.2) is 0 Å². The van der Waals surface area contributed by atoms with E-state index in [1.54, 1.807) is 11.3 Å². The van der Waals surface area contributed by atoms with Crippen molar-refractivity contribution in [2.24, 2.45) is 0 Å². The average Bonchev–Trinajstić information content (AvgIpc) is 2.90. The number of nitrogens with one attached hydrogen (secondary N) is 1. The van der Waals surface area contributed by atoms with Crippen LogP contribution in [0, 0.1) is 0 Å². The topological polar surface area (TPSA) is 12.0 Å². The van der Waals surface area contributed by atoms with Gasteiger partial charge in [0.15, 0.2) is 0 Å². The molecule has 0 aliphatic carbocycles. The van der Waals surface area contributed by atoms with Crippen LogP contribution in [0.3, 0.4) is 0 Å². The highest BCUT2D eigenvalue weighted by Crippen LogP contribution is 2.20. The number of hydrogen-bond donors (Lipinski definition) is 1. The summed E-state index contributed by atoms with van der Waals surface area (Å²) in [5.74, 6) is 1.15. The Bertz CT molecular complexity index is 495. The van der Waals surface area contributed by atoms with Gasteiger partial charge in [-0.3, -0.25) is 0 Å². The number of aryl methyl sites for hydroxylation is 1. The molecule has 0 saturated carbocycles. The number of thioether (sulfide) groups is 1. The van der Waals surface area contributed by atoms with Gasteiger partial charge in [-0.05, 0) is 67.3 Å². The zero-order valence-electron chi connectivity index (χ0n) is 12.5. The predicted octanol–water partition coefficient (Wildman–Crippen LogP) is 4.97. The van der Waals surface area contributed by atoms with Crippen LogP contribution in [0.5, 0.6) is 0 Å². The first-order valence-corrected chi connectivity index (χ1v) is 8.94. The van der Waals surface area contributed by atoms with E-state index in [4.69, 9.17) is 0 Å². The lowest BCUT2D eigenvalue weighted by atomic mass is 10.1. The Morgan fingerprint density at radius 3 is 2.40 bits per heavy atom. The Morgan fingerprint density at radius 1 is 1.05 bits per heavy atom. The first kappa shape index (κ1) is 15.6. The van der Waals surface area contributed by atoms with Crippen LogP contribution in [0.15, 0.2) is 46.0 Å². The number of thiophene rings is 1. The summed E-state index contributed by atoms with van der Waals surface area (Å²) in [4.78, 5) is 1.36. The lowest BCUT2D eigenvalue weighted by Gasteiger charge is -2.20. The molecule has 1 heterocycles. The third-order valence-corrected chi connectivity index (χ3v) is 4.73. The Morgan fingerprint density at radius 2 is 1.80 bits per heavy atom. The zero-order valence-corrected chi connectivity index (χ0v) is 14.1. The van der Waals surface area contributed by atoms with Crippen LogP contribution in [0.4, 0.5) is 0 Å². The zero-order chi connectivity index (χ0) is 14.4. The summed E-state index contributed by atoms with van der Waals surface area (Å²) in [5, 5.41) is 7.90. The standard InChI is InChI=1S/C17H23NS2/c1-17(2,3)18-12-14-4-6-16(7-5-14)20-11-9-15-8-10-19-13-15/h4-8,10,13,18H,9,11-12H2,1-3H3. The van der Waals surface area contributed by atoms with Crippen molar-refractivity contribution in [3.63, 3.8) is 0 Å². The number of hydrogen-bond acceptors (Lipinski definition) is 3. The molecule has 2 aromatic rings. The highest BCUT2D eigenvalue weighted by atomic mass is 32.2. The molecule has 0 saturated heterocycles. The predicted molar refractivity (Wildman–Crippen MR) is 91.8 cm³/mol. The van der Waals surface area contributed by atoms with E-state index in [0.29, 0.717) is 0 Å². The van der Waals surface area contributed by atoms with E-state index >= 15 is 0 Å². The molecule has 0 radical (unpaired) electrons. The molecule has 108 valence electrons. The van der Waals surface area contributed by atoms with Crippen LogP contribution in [-0.4, -0.2) is 11.3 Å². The highest BCUT2D eigenvalue weighted by molar-refractivity contribution is 7.99. The van der Waals surface area contributed by atoms with E-state index in [1.165, 1.54) is 16.0 Å². The van der Waals surface area contributed by atoms with Gasteiger partial charge in [-0.2, -0.15) is 11.3 Å². The summed E-state index contributed by atoms with van der Waals surface area (Å²) in [6.45, 7) is 7.52. The third-order valence-electron chi connectivity index (χ3n) is 2.99. The van der Waals surface area contributed by atoms with Gasteiger partial charge < -0.3 is 5.32 Å². The lowest BCUT2D eigenvalue weighted by Crippen LogP contribution is -2.35. The fraction of sp³-hybridized carbons (Fsp3) is 0.412. The first-order chi connectivity index (χ1) is 9.53. The van der Waals surface area contributed by atoms with Crippen LogP contribution in [0.1, 0.15) is 31.9 Å². The number of rotatable bonds is 6. The second-order valence-electron chi connectivity index (χ2n) is 5.98. The second kappa shape index (κ2) is 7.30. The maximum Gasteiger partial charge on any atom is 0.0210 e. The van der Waals surface area contributed by atoms with Crippen molar-refractivity contribution >= 4 is 23.1 Å². The van der Waals surface area contributed by atoms with E-state index in [9.17, 15) is 0 Å². The van der Waals surface area contributed by atoms with E-state index < -0.39 is 0 Å². The maximum atomic E-state index is 3.51. The molecule has 1 nitrogen and oxygen atoms in total. The van der Waals surface area contributed by atoms with Crippen LogP contribution in [0.2, 0.25) is 0 Å². The smallest absolute Gasteiger partial charge is 0.0210 e. The molecule has 0 aliphatic rings. The van der Waals surface area contributed by atoms with E-state index in [1.807, 2.05) is 11.8 Å². The summed E-state index contributed by atoms with van der Waals surface area (Å²) in [7, 11) is 0. The number of benzene rings is 1. The monoisotopic (exact) mass is 305 g/mol. The van der Waals surface area contributed by atoms with Gasteiger partial charge in [-0.1, -0.05) is 12.1 Å². The molecule has 1 aromatic heterocycles. The van der Waals surface area contributed by atoms with Crippen molar-refractivity contribution in [2.45, 2.75) is 44.2 Å². The molecule has 0 atom stereocenters. The second-order valence-corrected chi connectivity index (χ2v) is 7.93. The van der Waals surface area contributed by atoms with Crippen LogP contribution in [-0.2, 0) is 13.0 Å². The van der Waals surface area contributed by atoms with Crippen molar-refractivity contribution in [3.05, 3.63) is 52.2 Å². The summed E-state index contributed by atoms with van der Waals surface area (Å²) < 4.78 is 0. The molecule has 0 amide bonds. The molecule has 0 aliphatic heterocycles. The summed E-state index contributed by atoms with van der Waals surface area (Å²) in [5.41, 5.74) is 2.98. The van der Waals surface area contributed by atoms with E-state index in [2.05, 4.69) is 67.2 Å². The fourth-order valence-corrected chi connectivity index (χ4v) is 3.40. The molecule has 3 heteroatoms. The molecule has 2 rings (SSSR count). The summed E-state index contributed by atoms with van der Waals surface area (Å²) in [6.07, 6.45) is 1.15. The first-order valence-electron chi connectivity index (χ1n) is 7.01. The van der Waals surface area contributed by atoms with Gasteiger partial charge in [-0.15, -0.1) is 11.8 Å². The summed E-state index contributed by atoms with van der Waals surface area (Å²) >= 11 is 3.71. The minimum atomic E-state index is 0.175. The fourth-order valence-electron chi connectivity index (χ4n) is 1.79. The molecular formula is C17H23NS2. The lowest BCUT2D eigenvalue weighted by molar-refractivity contribution is 0.424. The maximum absolute atomic E-state index is 3.51. The molecule has 0 fully saturated rings. The molecule has 1 N–H and O–H groups in total. The minimum Gasteiger partial charge on any atom is -0.308 e. The van der Waals surface area contributed by atoms with Crippen molar-refractivity contribution in [3.8, 4) is 0 Å². The quantitative estimate of drug-likeness (QED) is 0.756. The van der Waals surface area contributed by atoms with E-state index in [-0.39, 0.29) is 5.54 Å². The third kappa shape index (κ3) is 5.70. The molecule has 20 heavy (non-hydrogen) atoms. The van der Waals surface area contributed by atoms with Crippen molar-refractivity contribution in [1.29, 1.82) is 0 Å². The SMILES string of the molecule is CC(C)(C)NCc1ccc(SCCc2ccsc2)cc1. The average molecular weight is 306 g/mol. The summed E-state index contributed by atoms with van der Waals surface area (Å²) in [6, 6.07) is 11.1. The van der Waals surface area contributed by atoms with Crippen molar-refractivity contribution in [2.75, 3.05) is 5.75 Å². The molecule has 0 unspecified atom stereocenters. The van der Waals surface area contributed by atoms with Crippen LogP contribution in [0.25, 0.3) is 0 Å².